The van der Waals surface area contributed by atoms with Crippen LogP contribution in [0, 0.1) is 0 Å². The third kappa shape index (κ3) is 2.73. The molecule has 0 saturated carbocycles. The molecule has 0 unspecified atom stereocenters. The van der Waals surface area contributed by atoms with Crippen LogP contribution in [0.5, 0.6) is 5.75 Å². The zero-order chi connectivity index (χ0) is 16.2. The molecule has 23 heavy (non-hydrogen) atoms. The van der Waals surface area contributed by atoms with Crippen LogP contribution in [0.25, 0.3) is 32.3 Å². The Labute approximate surface area is 132 Å². The van der Waals surface area contributed by atoms with Crippen LogP contribution in [0.15, 0.2) is 65.8 Å². The van der Waals surface area contributed by atoms with Crippen molar-refractivity contribution in [2.45, 2.75) is 0 Å². The molecule has 0 aliphatic heterocycles. The number of hydrogen-bond donors (Lipinski definition) is 0. The molecule has 3 aromatic carbocycles. The summed E-state index contributed by atoms with van der Waals surface area (Å²) in [6, 6.07) is 18.9. The number of benzene rings is 3. The number of fused-ring (bicyclic) bond motifs is 1. The van der Waals surface area contributed by atoms with Crippen molar-refractivity contribution in [2.75, 3.05) is 7.11 Å². The van der Waals surface area contributed by atoms with E-state index in [9.17, 15) is 4.79 Å². The van der Waals surface area contributed by atoms with E-state index in [2.05, 4.69) is 10.0 Å². The smallest absolute Gasteiger partial charge is 0.249 e. The molecule has 0 N–H and O–H groups in total. The van der Waals surface area contributed by atoms with E-state index in [0.29, 0.717) is 11.3 Å². The normalized spacial score (nSPS) is 10.1. The number of ether oxygens (including phenoxy) is 1. The number of amides is 1. The van der Waals surface area contributed by atoms with Gasteiger partial charge in [-0.1, -0.05) is 42.5 Å². The van der Waals surface area contributed by atoms with Crippen molar-refractivity contribution in [3.8, 4) is 16.9 Å². The molecule has 0 fully saturated rings. The van der Waals surface area contributed by atoms with Crippen LogP contribution in [0.1, 0.15) is 10.4 Å². The highest BCUT2D eigenvalue weighted by atomic mass is 16.5. The average Bonchev–Trinajstić information content (AvgIpc) is 2.61. The molecule has 3 aromatic rings. The maximum absolute atomic E-state index is 11.8. The summed E-state index contributed by atoms with van der Waals surface area (Å²) in [5.41, 5.74) is 10.5. The highest BCUT2D eigenvalue weighted by molar-refractivity contribution is 6.01. The third-order valence-electron chi connectivity index (χ3n) is 3.66. The van der Waals surface area contributed by atoms with E-state index in [1.807, 2.05) is 42.5 Å². The zero-order valence-corrected chi connectivity index (χ0v) is 12.4. The van der Waals surface area contributed by atoms with Crippen LogP contribution < -0.4 is 4.74 Å². The lowest BCUT2D eigenvalue weighted by Gasteiger charge is -2.12. The third-order valence-corrected chi connectivity index (χ3v) is 3.66. The molecule has 3 rings (SSSR count). The Bertz CT molecular complexity index is 939. The molecule has 0 saturated heterocycles. The monoisotopic (exact) mass is 303 g/mol. The Hall–Kier alpha value is -3.30. The number of methoxy groups -OCH3 is 1. The molecule has 0 aromatic heterocycles. The molecule has 0 heterocycles. The summed E-state index contributed by atoms with van der Waals surface area (Å²) in [7, 11) is 1.58. The van der Waals surface area contributed by atoms with Gasteiger partial charge in [-0.15, -0.1) is 0 Å². The predicted octanol–water partition coefficient (Wildman–Crippen LogP) is 4.97. The largest absolute Gasteiger partial charge is 0.496 e. The van der Waals surface area contributed by atoms with Crippen LogP contribution in [0.4, 0.5) is 0 Å². The molecular formula is C18H13N3O2. The van der Waals surface area contributed by atoms with Crippen molar-refractivity contribution in [3.63, 3.8) is 0 Å². The van der Waals surface area contributed by atoms with Gasteiger partial charge >= 0.3 is 0 Å². The first-order valence-corrected chi connectivity index (χ1v) is 7.00. The summed E-state index contributed by atoms with van der Waals surface area (Å²) in [6.07, 6.45) is 0. The van der Waals surface area contributed by atoms with Crippen molar-refractivity contribution < 1.29 is 9.53 Å². The van der Waals surface area contributed by atoms with Gasteiger partial charge in [-0.05, 0) is 45.2 Å². The number of carbonyl (C=O) groups excluding carboxylic acids is 1. The number of hydrogen-bond acceptors (Lipinski definition) is 2. The van der Waals surface area contributed by atoms with E-state index < -0.39 is 5.91 Å². The van der Waals surface area contributed by atoms with E-state index >= 15 is 0 Å². The van der Waals surface area contributed by atoms with Gasteiger partial charge in [0.1, 0.15) is 5.75 Å². The molecule has 1 amide bonds. The minimum absolute atomic E-state index is 0.325. The molecule has 0 atom stereocenters. The van der Waals surface area contributed by atoms with Crippen LogP contribution in [-0.4, -0.2) is 13.0 Å². The van der Waals surface area contributed by atoms with E-state index in [1.54, 1.807) is 25.3 Å². The van der Waals surface area contributed by atoms with Gasteiger partial charge in [-0.2, -0.15) is 0 Å². The lowest BCUT2D eigenvalue weighted by atomic mass is 9.96. The number of rotatable bonds is 3. The van der Waals surface area contributed by atoms with Gasteiger partial charge in [-0.25, -0.2) is 0 Å². The molecule has 0 aliphatic rings. The van der Waals surface area contributed by atoms with Gasteiger partial charge in [0, 0.05) is 16.0 Å². The van der Waals surface area contributed by atoms with Gasteiger partial charge in [0.05, 0.1) is 7.11 Å². The summed E-state index contributed by atoms with van der Waals surface area (Å²) in [5, 5.41) is 5.30. The van der Waals surface area contributed by atoms with Gasteiger partial charge in [0.2, 0.25) is 5.91 Å². The molecule has 5 nitrogen and oxygen atoms in total. The Kier molecular flexibility index (Phi) is 3.95. The summed E-state index contributed by atoms with van der Waals surface area (Å²) in [6.45, 7) is 0. The summed E-state index contributed by atoms with van der Waals surface area (Å²) in [5.74, 6) is 0.0375. The molecule has 5 heteroatoms. The highest BCUT2D eigenvalue weighted by Gasteiger charge is 2.12. The summed E-state index contributed by atoms with van der Waals surface area (Å²) >= 11 is 0. The zero-order valence-electron chi connectivity index (χ0n) is 12.4. The molecule has 0 aliphatic carbocycles. The van der Waals surface area contributed by atoms with Crippen LogP contribution in [0.2, 0.25) is 0 Å². The van der Waals surface area contributed by atoms with E-state index in [0.717, 1.165) is 21.9 Å². The highest BCUT2D eigenvalue weighted by Crippen LogP contribution is 2.35. The van der Waals surface area contributed by atoms with Crippen LogP contribution in [0.3, 0.4) is 0 Å². The first kappa shape index (κ1) is 14.6. The maximum Gasteiger partial charge on any atom is 0.249 e. The molecule has 0 bridgehead atoms. The minimum atomic E-state index is -0.614. The van der Waals surface area contributed by atoms with Crippen molar-refractivity contribution in [2.24, 2.45) is 5.11 Å². The molecular weight excluding hydrogens is 290 g/mol. The Morgan fingerprint density at radius 1 is 1.04 bits per heavy atom. The Balaban J connectivity index is 2.26. The summed E-state index contributed by atoms with van der Waals surface area (Å²) < 4.78 is 5.43. The first-order valence-electron chi connectivity index (χ1n) is 7.00. The van der Waals surface area contributed by atoms with E-state index in [-0.39, 0.29) is 0 Å². The second-order valence-electron chi connectivity index (χ2n) is 4.94. The second-order valence-corrected chi connectivity index (χ2v) is 4.94. The SMILES string of the molecule is COc1ccc(C(=O)N=[N+]=[N-])cc1-c1cccc2ccccc12. The standard InChI is InChI=1S/C18H13N3O2/c1-23-17-10-9-13(18(22)20-21-19)11-16(17)15-8-4-6-12-5-2-3-7-14(12)15/h2-11H,1H3. The number of azide groups is 1. The van der Waals surface area contributed by atoms with E-state index in [1.165, 1.54) is 0 Å². The Morgan fingerprint density at radius 2 is 1.83 bits per heavy atom. The quantitative estimate of drug-likeness (QED) is 0.389. The second kappa shape index (κ2) is 6.22. The van der Waals surface area contributed by atoms with Crippen LogP contribution in [-0.2, 0) is 0 Å². The van der Waals surface area contributed by atoms with Gasteiger partial charge < -0.3 is 4.74 Å². The molecule has 112 valence electrons. The number of nitrogens with zero attached hydrogens (tertiary/aromatic N) is 3. The van der Waals surface area contributed by atoms with Crippen molar-refractivity contribution in [3.05, 3.63) is 76.7 Å². The fraction of sp³-hybridized carbons (Fsp3) is 0.0556. The van der Waals surface area contributed by atoms with Gasteiger partial charge in [-0.3, -0.25) is 4.79 Å². The maximum atomic E-state index is 11.8. The van der Waals surface area contributed by atoms with Crippen molar-refractivity contribution in [1.82, 2.24) is 0 Å². The van der Waals surface area contributed by atoms with Gasteiger partial charge in [0.25, 0.3) is 0 Å². The van der Waals surface area contributed by atoms with Crippen molar-refractivity contribution >= 4 is 16.7 Å². The average molecular weight is 303 g/mol. The molecule has 0 radical (unpaired) electrons. The minimum Gasteiger partial charge on any atom is -0.496 e. The van der Waals surface area contributed by atoms with Crippen LogP contribution >= 0.6 is 0 Å². The lowest BCUT2D eigenvalue weighted by Crippen LogP contribution is -1.96. The fourth-order valence-corrected chi connectivity index (χ4v) is 2.61. The number of carbonyl (C=O) groups is 1. The van der Waals surface area contributed by atoms with E-state index in [4.69, 9.17) is 10.3 Å². The lowest BCUT2D eigenvalue weighted by molar-refractivity contribution is 0.100. The topological polar surface area (TPSA) is 75.1 Å². The Morgan fingerprint density at radius 3 is 2.61 bits per heavy atom. The fourth-order valence-electron chi connectivity index (χ4n) is 2.61. The first-order chi connectivity index (χ1) is 11.2. The van der Waals surface area contributed by atoms with Crippen molar-refractivity contribution in [1.29, 1.82) is 0 Å². The predicted molar refractivity (Wildman–Crippen MR) is 89.4 cm³/mol. The van der Waals surface area contributed by atoms with Gasteiger partial charge in [0.15, 0.2) is 0 Å². The summed E-state index contributed by atoms with van der Waals surface area (Å²) in [4.78, 5) is 14.4. The molecule has 0 spiro atoms.